The van der Waals surface area contributed by atoms with Gasteiger partial charge in [-0.2, -0.15) is 0 Å². The highest BCUT2D eigenvalue weighted by Gasteiger charge is 2.33. The van der Waals surface area contributed by atoms with Crippen LogP contribution in [0.2, 0.25) is 0 Å². The lowest BCUT2D eigenvalue weighted by molar-refractivity contribution is -0.113. The van der Waals surface area contributed by atoms with Crippen molar-refractivity contribution in [3.63, 3.8) is 0 Å². The van der Waals surface area contributed by atoms with Crippen LogP contribution < -0.4 is 9.80 Å². The second kappa shape index (κ2) is 7.03. The Bertz CT molecular complexity index is 826. The van der Waals surface area contributed by atoms with Gasteiger partial charge in [0, 0.05) is 25.2 Å². The Labute approximate surface area is 155 Å². The number of thioether (sulfide) groups is 1. The molecule has 2 aliphatic rings. The fourth-order valence-corrected chi connectivity index (χ4v) is 4.05. The Kier molecular flexibility index (Phi) is 4.61. The van der Waals surface area contributed by atoms with Crippen LogP contribution in [0.5, 0.6) is 0 Å². The second-order valence-corrected chi connectivity index (χ2v) is 7.30. The van der Waals surface area contributed by atoms with Crippen molar-refractivity contribution in [1.29, 1.82) is 0 Å². The Morgan fingerprint density at radius 3 is 2.60 bits per heavy atom. The third kappa shape index (κ3) is 3.35. The maximum atomic E-state index is 12.7. The number of hydrogen-bond donors (Lipinski definition) is 0. The number of morpholine rings is 1. The molecule has 7 heteroatoms. The van der Waals surface area contributed by atoms with Crippen LogP contribution in [0.15, 0.2) is 51.8 Å². The Morgan fingerprint density at radius 1 is 1.08 bits per heavy atom. The molecule has 2 saturated heterocycles. The summed E-state index contributed by atoms with van der Waals surface area (Å²) >= 11 is 6.67. The van der Waals surface area contributed by atoms with E-state index in [-0.39, 0.29) is 5.91 Å². The van der Waals surface area contributed by atoms with E-state index < -0.39 is 0 Å². The summed E-state index contributed by atoms with van der Waals surface area (Å²) < 4.78 is 11.8. The minimum atomic E-state index is -0.120. The van der Waals surface area contributed by atoms with Crippen molar-refractivity contribution in [2.24, 2.45) is 0 Å². The Hall–Kier alpha value is -2.09. The van der Waals surface area contributed by atoms with Gasteiger partial charge in [-0.15, -0.1) is 0 Å². The van der Waals surface area contributed by atoms with Crippen molar-refractivity contribution in [1.82, 2.24) is 0 Å². The minimum Gasteiger partial charge on any atom is -0.441 e. The predicted octanol–water partition coefficient (Wildman–Crippen LogP) is 3.52. The van der Waals surface area contributed by atoms with E-state index >= 15 is 0 Å². The van der Waals surface area contributed by atoms with Gasteiger partial charge in [-0.05, 0) is 18.2 Å². The fraction of sp³-hybridized carbons (Fsp3) is 0.222. The lowest BCUT2D eigenvalue weighted by atomic mass is 10.3. The summed E-state index contributed by atoms with van der Waals surface area (Å²) in [5.41, 5.74) is 0.779. The Morgan fingerprint density at radius 2 is 1.84 bits per heavy atom. The van der Waals surface area contributed by atoms with Crippen LogP contribution in [-0.4, -0.2) is 36.5 Å². The van der Waals surface area contributed by atoms with E-state index in [0.717, 1.165) is 24.7 Å². The maximum Gasteiger partial charge on any atom is 0.270 e. The number of hydrogen-bond acceptors (Lipinski definition) is 6. The monoisotopic (exact) mass is 372 g/mol. The molecule has 4 rings (SSSR count). The summed E-state index contributed by atoms with van der Waals surface area (Å²) in [6.07, 6.45) is 1.76. The molecule has 0 radical (unpaired) electrons. The number of rotatable bonds is 3. The molecule has 0 unspecified atom stereocenters. The molecule has 0 N–H and O–H groups in total. The van der Waals surface area contributed by atoms with Gasteiger partial charge in [-0.3, -0.25) is 9.69 Å². The van der Waals surface area contributed by atoms with Gasteiger partial charge < -0.3 is 14.1 Å². The lowest BCUT2D eigenvalue weighted by Crippen LogP contribution is -2.35. The topological polar surface area (TPSA) is 45.9 Å². The SMILES string of the molecule is O=C1/C(=C\c2ccc(N3CCOCC3)o2)SC(=S)N1c1ccccc1. The van der Waals surface area contributed by atoms with Gasteiger partial charge in [0.25, 0.3) is 5.91 Å². The third-order valence-corrected chi connectivity index (χ3v) is 5.32. The summed E-state index contributed by atoms with van der Waals surface area (Å²) in [6, 6.07) is 13.2. The van der Waals surface area contributed by atoms with E-state index in [9.17, 15) is 4.79 Å². The number of carbonyl (C=O) groups is 1. The van der Waals surface area contributed by atoms with Crippen molar-refractivity contribution in [2.75, 3.05) is 36.1 Å². The number of anilines is 2. The fourth-order valence-electron chi connectivity index (χ4n) is 2.77. The number of para-hydroxylation sites is 1. The Balaban J connectivity index is 1.55. The van der Waals surface area contributed by atoms with Gasteiger partial charge in [-0.1, -0.05) is 42.2 Å². The zero-order valence-electron chi connectivity index (χ0n) is 13.4. The largest absolute Gasteiger partial charge is 0.441 e. The summed E-state index contributed by atoms with van der Waals surface area (Å²) in [7, 11) is 0. The molecule has 1 aromatic heterocycles. The quantitative estimate of drug-likeness (QED) is 0.607. The standard InChI is InChI=1S/C18H16N2O3S2/c21-17-15(25-18(24)20(17)13-4-2-1-3-5-13)12-14-6-7-16(23-14)19-8-10-22-11-9-19/h1-7,12H,8-11H2/b15-12+. The molecule has 0 aliphatic carbocycles. The first-order valence-electron chi connectivity index (χ1n) is 7.98. The van der Waals surface area contributed by atoms with Crippen LogP contribution in [0.3, 0.4) is 0 Å². The van der Waals surface area contributed by atoms with Crippen molar-refractivity contribution < 1.29 is 13.9 Å². The molecule has 3 heterocycles. The summed E-state index contributed by atoms with van der Waals surface area (Å²) in [5, 5.41) is 0. The predicted molar refractivity (Wildman–Crippen MR) is 104 cm³/mol. The minimum absolute atomic E-state index is 0.120. The molecule has 0 atom stereocenters. The van der Waals surface area contributed by atoms with E-state index in [1.807, 2.05) is 42.5 Å². The van der Waals surface area contributed by atoms with Crippen molar-refractivity contribution in [3.8, 4) is 0 Å². The molecule has 5 nitrogen and oxygen atoms in total. The van der Waals surface area contributed by atoms with Crippen LogP contribution in [0, 0.1) is 0 Å². The first-order valence-corrected chi connectivity index (χ1v) is 9.20. The number of benzene rings is 1. The van der Waals surface area contributed by atoms with E-state index in [1.54, 1.807) is 11.0 Å². The van der Waals surface area contributed by atoms with Crippen molar-refractivity contribution in [2.45, 2.75) is 0 Å². The summed E-state index contributed by atoms with van der Waals surface area (Å²) in [4.78, 5) is 17.0. The van der Waals surface area contributed by atoms with E-state index in [4.69, 9.17) is 21.4 Å². The smallest absolute Gasteiger partial charge is 0.270 e. The van der Waals surface area contributed by atoms with E-state index in [2.05, 4.69) is 4.90 Å². The molecule has 1 amide bonds. The molecule has 128 valence electrons. The van der Waals surface area contributed by atoms with E-state index in [0.29, 0.717) is 28.2 Å². The van der Waals surface area contributed by atoms with E-state index in [1.165, 1.54) is 11.8 Å². The summed E-state index contributed by atoms with van der Waals surface area (Å²) in [6.45, 7) is 3.02. The molecule has 25 heavy (non-hydrogen) atoms. The number of ether oxygens (including phenoxy) is 1. The highest BCUT2D eigenvalue weighted by molar-refractivity contribution is 8.27. The van der Waals surface area contributed by atoms with Gasteiger partial charge in [0.15, 0.2) is 10.2 Å². The van der Waals surface area contributed by atoms with Crippen LogP contribution in [0.1, 0.15) is 5.76 Å². The molecule has 2 aliphatic heterocycles. The molecule has 0 saturated carbocycles. The normalized spacial score (nSPS) is 19.9. The van der Waals surface area contributed by atoms with Crippen LogP contribution >= 0.6 is 24.0 Å². The van der Waals surface area contributed by atoms with Gasteiger partial charge >= 0.3 is 0 Å². The third-order valence-electron chi connectivity index (χ3n) is 4.02. The maximum absolute atomic E-state index is 12.7. The molecule has 1 aromatic carbocycles. The van der Waals surface area contributed by atoms with Gasteiger partial charge in [0.05, 0.1) is 23.8 Å². The number of nitrogens with zero attached hydrogens (tertiary/aromatic N) is 2. The average Bonchev–Trinajstić information content (AvgIpc) is 3.22. The highest BCUT2D eigenvalue weighted by atomic mass is 32.2. The molecular formula is C18H16N2O3S2. The first kappa shape index (κ1) is 16.4. The van der Waals surface area contributed by atoms with Crippen LogP contribution in [-0.2, 0) is 9.53 Å². The average molecular weight is 372 g/mol. The number of thiocarbonyl (C=S) groups is 1. The highest BCUT2D eigenvalue weighted by Crippen LogP contribution is 2.36. The molecule has 0 spiro atoms. The molecule has 2 fully saturated rings. The van der Waals surface area contributed by atoms with Crippen LogP contribution in [0.4, 0.5) is 11.6 Å². The van der Waals surface area contributed by atoms with Crippen molar-refractivity contribution in [3.05, 3.63) is 53.1 Å². The zero-order chi connectivity index (χ0) is 17.2. The lowest BCUT2D eigenvalue weighted by Gasteiger charge is -2.26. The molecular weight excluding hydrogens is 356 g/mol. The molecule has 2 aromatic rings. The molecule has 0 bridgehead atoms. The zero-order valence-corrected chi connectivity index (χ0v) is 15.0. The van der Waals surface area contributed by atoms with Crippen molar-refractivity contribution >= 4 is 51.9 Å². The van der Waals surface area contributed by atoms with Gasteiger partial charge in [0.2, 0.25) is 0 Å². The summed E-state index contributed by atoms with van der Waals surface area (Å²) in [5.74, 6) is 1.33. The van der Waals surface area contributed by atoms with Gasteiger partial charge in [0.1, 0.15) is 5.76 Å². The van der Waals surface area contributed by atoms with Gasteiger partial charge in [-0.25, -0.2) is 0 Å². The number of amides is 1. The number of carbonyl (C=O) groups excluding carboxylic acids is 1. The number of furan rings is 1. The van der Waals surface area contributed by atoms with Crippen LogP contribution in [0.25, 0.3) is 6.08 Å². The first-order chi connectivity index (χ1) is 12.2. The second-order valence-electron chi connectivity index (χ2n) is 5.63.